The molecule has 2 heterocycles. The predicted octanol–water partition coefficient (Wildman–Crippen LogP) is -0.553. The zero-order valence-electron chi connectivity index (χ0n) is 7.64. The number of nitrogens with zero attached hydrogens (tertiary/aromatic N) is 2. The molecule has 76 valence electrons. The van der Waals surface area contributed by atoms with Crippen molar-refractivity contribution in [3.05, 3.63) is 0 Å². The molecule has 2 saturated heterocycles. The fourth-order valence-corrected chi connectivity index (χ4v) is 2.00. The molecule has 0 spiro atoms. The lowest BCUT2D eigenvalue weighted by molar-refractivity contribution is -0.155. The first kappa shape index (κ1) is 8.98. The topological polar surface area (TPSA) is 79.2 Å². The van der Waals surface area contributed by atoms with Crippen LogP contribution >= 0.6 is 0 Å². The summed E-state index contributed by atoms with van der Waals surface area (Å²) in [6.07, 6.45) is 0.934. The number of aliphatic carboxylic acids is 1. The number of carboxylic acids is 1. The number of amides is 1. The van der Waals surface area contributed by atoms with Crippen LogP contribution in [0.5, 0.6) is 0 Å². The second-order valence-electron chi connectivity index (χ2n) is 3.37. The van der Waals surface area contributed by atoms with Crippen molar-refractivity contribution < 1.29 is 19.5 Å². The highest BCUT2D eigenvalue weighted by molar-refractivity contribution is 6.12. The van der Waals surface area contributed by atoms with Crippen molar-refractivity contribution in [2.24, 2.45) is 5.16 Å². The van der Waals surface area contributed by atoms with Gasteiger partial charge in [0.15, 0.2) is 6.04 Å². The van der Waals surface area contributed by atoms with Crippen molar-refractivity contribution in [3.63, 3.8) is 0 Å². The molecule has 2 fully saturated rings. The van der Waals surface area contributed by atoms with Crippen LogP contribution in [-0.2, 0) is 14.4 Å². The van der Waals surface area contributed by atoms with Crippen molar-refractivity contribution >= 4 is 17.6 Å². The molecular formula is C8H10N2O4. The number of rotatable bonds is 2. The van der Waals surface area contributed by atoms with E-state index in [-0.39, 0.29) is 11.9 Å². The minimum absolute atomic E-state index is 0.0116. The molecule has 0 aromatic heterocycles. The van der Waals surface area contributed by atoms with Gasteiger partial charge >= 0.3 is 5.97 Å². The number of carbonyl (C=O) groups is 2. The van der Waals surface area contributed by atoms with Gasteiger partial charge in [0.05, 0.1) is 5.71 Å². The van der Waals surface area contributed by atoms with Crippen LogP contribution in [0, 0.1) is 0 Å². The molecule has 0 unspecified atom stereocenters. The van der Waals surface area contributed by atoms with Gasteiger partial charge < -0.3 is 14.8 Å². The van der Waals surface area contributed by atoms with E-state index in [1.807, 2.05) is 0 Å². The zero-order chi connectivity index (χ0) is 10.3. The molecule has 0 bridgehead atoms. The zero-order valence-corrected chi connectivity index (χ0v) is 7.64. The van der Waals surface area contributed by atoms with Gasteiger partial charge in [0.1, 0.15) is 7.11 Å². The SMILES string of the molecule is CO/N=C1/C[C@@H]2CC(=O)N2[C@H]1C(=O)O. The van der Waals surface area contributed by atoms with E-state index in [0.717, 1.165) is 0 Å². The Morgan fingerprint density at radius 3 is 2.86 bits per heavy atom. The molecule has 1 N–H and O–H groups in total. The summed E-state index contributed by atoms with van der Waals surface area (Å²) >= 11 is 0. The van der Waals surface area contributed by atoms with Crippen LogP contribution in [0.15, 0.2) is 5.16 Å². The normalized spacial score (nSPS) is 32.8. The smallest absolute Gasteiger partial charge is 0.332 e. The number of hydrogen-bond donors (Lipinski definition) is 1. The van der Waals surface area contributed by atoms with Gasteiger partial charge in [0.2, 0.25) is 5.91 Å². The molecule has 0 radical (unpaired) electrons. The maximum atomic E-state index is 11.1. The van der Waals surface area contributed by atoms with E-state index in [2.05, 4.69) is 9.99 Å². The quantitative estimate of drug-likeness (QED) is 0.476. The first-order chi connectivity index (χ1) is 6.65. The minimum atomic E-state index is -1.05. The van der Waals surface area contributed by atoms with Crippen LogP contribution in [0.1, 0.15) is 12.8 Å². The molecule has 0 aromatic rings. The lowest BCUT2D eigenvalue weighted by atomic mass is 10.0. The Balaban J connectivity index is 2.26. The third kappa shape index (κ3) is 1.07. The van der Waals surface area contributed by atoms with E-state index in [0.29, 0.717) is 18.6 Å². The van der Waals surface area contributed by atoms with Crippen LogP contribution in [0.4, 0.5) is 0 Å². The highest BCUT2D eigenvalue weighted by Crippen LogP contribution is 2.33. The summed E-state index contributed by atoms with van der Waals surface area (Å²) in [5, 5.41) is 12.6. The third-order valence-electron chi connectivity index (χ3n) is 2.57. The molecule has 0 aromatic carbocycles. The van der Waals surface area contributed by atoms with Gasteiger partial charge in [0, 0.05) is 18.9 Å². The summed E-state index contributed by atoms with van der Waals surface area (Å²) in [7, 11) is 1.36. The Hall–Kier alpha value is -1.59. The van der Waals surface area contributed by atoms with Crippen molar-refractivity contribution in [2.45, 2.75) is 24.9 Å². The Kier molecular flexibility index (Phi) is 1.90. The summed E-state index contributed by atoms with van der Waals surface area (Å²) in [6, 6.07) is -0.904. The molecule has 6 heteroatoms. The minimum Gasteiger partial charge on any atom is -0.479 e. The third-order valence-corrected chi connectivity index (χ3v) is 2.57. The standard InChI is InChI=1S/C8H10N2O4/c1-14-9-5-2-4-3-6(11)10(4)7(5)8(12)13/h4,7H,2-3H2,1H3,(H,12,13)/b9-5-/t4-,7-/m1/s1. The van der Waals surface area contributed by atoms with Gasteiger partial charge in [-0.05, 0) is 0 Å². The summed E-state index contributed by atoms with van der Waals surface area (Å²) < 4.78 is 0. The largest absolute Gasteiger partial charge is 0.479 e. The van der Waals surface area contributed by atoms with E-state index >= 15 is 0 Å². The van der Waals surface area contributed by atoms with Gasteiger partial charge in [-0.3, -0.25) is 4.79 Å². The van der Waals surface area contributed by atoms with Crippen molar-refractivity contribution in [1.82, 2.24) is 4.90 Å². The number of β-lactam (4-membered cyclic amide) rings is 1. The van der Waals surface area contributed by atoms with E-state index < -0.39 is 12.0 Å². The van der Waals surface area contributed by atoms with Crippen LogP contribution in [0.3, 0.4) is 0 Å². The maximum absolute atomic E-state index is 11.1. The molecule has 2 atom stereocenters. The summed E-state index contributed by atoms with van der Waals surface area (Å²) in [6.45, 7) is 0. The highest BCUT2D eigenvalue weighted by atomic mass is 16.6. The molecule has 1 amide bonds. The van der Waals surface area contributed by atoms with E-state index in [1.54, 1.807) is 0 Å². The Morgan fingerprint density at radius 2 is 2.36 bits per heavy atom. The summed E-state index contributed by atoms with van der Waals surface area (Å²) in [5.74, 6) is -1.17. The second kappa shape index (κ2) is 2.97. The van der Waals surface area contributed by atoms with Gasteiger partial charge in [-0.1, -0.05) is 5.16 Å². The maximum Gasteiger partial charge on any atom is 0.332 e. The average Bonchev–Trinajstić information content (AvgIpc) is 2.39. The molecule has 0 aliphatic carbocycles. The highest BCUT2D eigenvalue weighted by Gasteiger charge is 2.52. The summed E-state index contributed by atoms with van der Waals surface area (Å²) in [4.78, 5) is 27.9. The van der Waals surface area contributed by atoms with Crippen LogP contribution in [-0.4, -0.2) is 46.8 Å². The van der Waals surface area contributed by atoms with E-state index in [9.17, 15) is 9.59 Å². The first-order valence-electron chi connectivity index (χ1n) is 4.29. The van der Waals surface area contributed by atoms with Crippen molar-refractivity contribution in [1.29, 1.82) is 0 Å². The molecule has 2 rings (SSSR count). The molecular weight excluding hydrogens is 188 g/mol. The van der Waals surface area contributed by atoms with Crippen LogP contribution in [0.25, 0.3) is 0 Å². The molecule has 6 nitrogen and oxygen atoms in total. The monoisotopic (exact) mass is 198 g/mol. The Labute approximate surface area is 80.1 Å². The molecule has 2 aliphatic heterocycles. The number of carboxylic acid groups (broad SMARTS) is 1. The first-order valence-corrected chi connectivity index (χ1v) is 4.29. The van der Waals surface area contributed by atoms with E-state index in [4.69, 9.17) is 5.11 Å². The summed E-state index contributed by atoms with van der Waals surface area (Å²) in [5.41, 5.74) is 0.427. The predicted molar refractivity (Wildman–Crippen MR) is 45.7 cm³/mol. The number of oxime groups is 1. The fraction of sp³-hybridized carbons (Fsp3) is 0.625. The van der Waals surface area contributed by atoms with Crippen molar-refractivity contribution in [2.75, 3.05) is 7.11 Å². The van der Waals surface area contributed by atoms with Gasteiger partial charge in [-0.15, -0.1) is 0 Å². The molecule has 2 aliphatic rings. The number of fused-ring (bicyclic) bond motifs is 1. The average molecular weight is 198 g/mol. The fourth-order valence-electron chi connectivity index (χ4n) is 2.00. The second-order valence-corrected chi connectivity index (χ2v) is 3.37. The van der Waals surface area contributed by atoms with Crippen molar-refractivity contribution in [3.8, 4) is 0 Å². The van der Waals surface area contributed by atoms with Gasteiger partial charge in [-0.25, -0.2) is 4.79 Å². The van der Waals surface area contributed by atoms with Crippen LogP contribution < -0.4 is 0 Å². The van der Waals surface area contributed by atoms with Gasteiger partial charge in [-0.2, -0.15) is 0 Å². The lowest BCUT2D eigenvalue weighted by Crippen LogP contribution is -2.55. The molecule has 14 heavy (non-hydrogen) atoms. The number of hydrogen-bond acceptors (Lipinski definition) is 4. The van der Waals surface area contributed by atoms with Gasteiger partial charge in [0.25, 0.3) is 0 Å². The van der Waals surface area contributed by atoms with E-state index in [1.165, 1.54) is 12.0 Å². The number of carbonyl (C=O) groups excluding carboxylic acids is 1. The van der Waals surface area contributed by atoms with Crippen LogP contribution in [0.2, 0.25) is 0 Å². The Morgan fingerprint density at radius 1 is 1.64 bits per heavy atom. The molecule has 0 saturated carbocycles. The lowest BCUT2D eigenvalue weighted by Gasteiger charge is -2.36. The Bertz CT molecular complexity index is 325.